The van der Waals surface area contributed by atoms with Crippen molar-refractivity contribution < 1.29 is 9.47 Å². The summed E-state index contributed by atoms with van der Waals surface area (Å²) < 4.78 is 12.4. The maximum absolute atomic E-state index is 6.19. The van der Waals surface area contributed by atoms with Gasteiger partial charge in [-0.3, -0.25) is 0 Å². The van der Waals surface area contributed by atoms with E-state index in [-0.39, 0.29) is 0 Å². The van der Waals surface area contributed by atoms with E-state index < -0.39 is 0 Å². The fraction of sp³-hybridized carbons (Fsp3) is 0.125. The van der Waals surface area contributed by atoms with E-state index in [4.69, 9.17) is 9.47 Å². The van der Waals surface area contributed by atoms with Crippen LogP contribution in [0.3, 0.4) is 0 Å². The molecule has 0 saturated carbocycles. The van der Waals surface area contributed by atoms with Crippen LogP contribution in [0, 0.1) is 27.7 Å². The van der Waals surface area contributed by atoms with Crippen LogP contribution in [0.15, 0.2) is 170 Å². The number of rotatable bonds is 12. The molecular formula is C48H44N2O2. The average Bonchev–Trinajstić information content (AvgIpc) is 3.18. The van der Waals surface area contributed by atoms with Gasteiger partial charge in [0, 0.05) is 34.1 Å². The second-order valence-electron chi connectivity index (χ2n) is 13.4. The molecule has 7 rings (SSSR count). The fourth-order valence-corrected chi connectivity index (χ4v) is 6.12. The van der Waals surface area contributed by atoms with Crippen LogP contribution in [0.1, 0.15) is 33.4 Å². The number of hydrogen-bond donors (Lipinski definition) is 0. The quantitative estimate of drug-likeness (QED) is 0.128. The van der Waals surface area contributed by atoms with Gasteiger partial charge in [0.05, 0.1) is 0 Å². The number of hydrogen-bond acceptors (Lipinski definition) is 4. The van der Waals surface area contributed by atoms with Crippen molar-refractivity contribution in [3.8, 4) is 11.5 Å². The maximum atomic E-state index is 6.19. The second kappa shape index (κ2) is 15.7. The Labute approximate surface area is 308 Å². The van der Waals surface area contributed by atoms with E-state index in [2.05, 4.69) is 183 Å². The topological polar surface area (TPSA) is 24.9 Å². The normalized spacial score (nSPS) is 10.8. The van der Waals surface area contributed by atoms with Crippen LogP contribution in [0.4, 0.5) is 34.1 Å². The summed E-state index contributed by atoms with van der Waals surface area (Å²) in [6, 6.07) is 59.6. The first-order valence-electron chi connectivity index (χ1n) is 17.8. The molecule has 7 aromatic carbocycles. The second-order valence-corrected chi connectivity index (χ2v) is 13.4. The Morgan fingerprint density at radius 2 is 0.500 bits per heavy atom. The Morgan fingerprint density at radius 1 is 0.288 bits per heavy atom. The minimum absolute atomic E-state index is 0.486. The Kier molecular flexibility index (Phi) is 10.4. The number of ether oxygens (including phenoxy) is 2. The minimum atomic E-state index is 0.486. The molecule has 0 fully saturated rings. The van der Waals surface area contributed by atoms with Crippen molar-refractivity contribution in [1.82, 2.24) is 0 Å². The monoisotopic (exact) mass is 680 g/mol. The molecular weight excluding hydrogens is 637 g/mol. The molecule has 0 unspecified atom stereocenters. The van der Waals surface area contributed by atoms with E-state index in [9.17, 15) is 0 Å². The molecule has 4 heteroatoms. The summed E-state index contributed by atoms with van der Waals surface area (Å²) in [5.74, 6) is 1.66. The first kappa shape index (κ1) is 34.2. The molecule has 0 heterocycles. The lowest BCUT2D eigenvalue weighted by Crippen LogP contribution is -2.10. The first-order valence-corrected chi connectivity index (χ1v) is 17.8. The van der Waals surface area contributed by atoms with Gasteiger partial charge >= 0.3 is 0 Å². The van der Waals surface area contributed by atoms with Crippen molar-refractivity contribution in [2.75, 3.05) is 9.80 Å². The summed E-state index contributed by atoms with van der Waals surface area (Å²) in [7, 11) is 0. The molecule has 4 nitrogen and oxygen atoms in total. The van der Waals surface area contributed by atoms with Gasteiger partial charge in [0.25, 0.3) is 0 Å². The van der Waals surface area contributed by atoms with E-state index >= 15 is 0 Å². The Hall–Kier alpha value is -6.26. The zero-order chi connectivity index (χ0) is 35.9. The van der Waals surface area contributed by atoms with Crippen LogP contribution in [-0.4, -0.2) is 0 Å². The van der Waals surface area contributed by atoms with Crippen molar-refractivity contribution >= 4 is 34.1 Å². The molecule has 0 N–H and O–H groups in total. The van der Waals surface area contributed by atoms with Gasteiger partial charge in [0.15, 0.2) is 0 Å². The molecule has 0 saturated heterocycles. The van der Waals surface area contributed by atoms with Gasteiger partial charge in [-0.15, -0.1) is 0 Å². The third-order valence-electron chi connectivity index (χ3n) is 9.19. The molecule has 0 aliphatic rings. The van der Waals surface area contributed by atoms with Crippen LogP contribution in [0.5, 0.6) is 11.5 Å². The Morgan fingerprint density at radius 3 is 0.731 bits per heavy atom. The third-order valence-corrected chi connectivity index (χ3v) is 9.19. The molecule has 0 radical (unpaired) electrons. The SMILES string of the molecule is Cc1ccc(N(c2ccc(C)cc2)c2ccc(OCc3ccc(COc4ccc(N(c5ccc(C)cc5)c5ccc(C)cc5)cc4)cc3)cc2)cc1. The highest BCUT2D eigenvalue weighted by molar-refractivity contribution is 5.78. The minimum Gasteiger partial charge on any atom is -0.489 e. The van der Waals surface area contributed by atoms with E-state index in [0.29, 0.717) is 13.2 Å². The van der Waals surface area contributed by atoms with E-state index in [0.717, 1.165) is 56.8 Å². The largest absolute Gasteiger partial charge is 0.489 e. The summed E-state index contributed by atoms with van der Waals surface area (Å²) >= 11 is 0. The van der Waals surface area contributed by atoms with E-state index in [1.807, 2.05) is 24.3 Å². The maximum Gasteiger partial charge on any atom is 0.119 e. The first-order chi connectivity index (χ1) is 25.4. The summed E-state index contributed by atoms with van der Waals surface area (Å²) in [5.41, 5.74) is 13.8. The summed E-state index contributed by atoms with van der Waals surface area (Å²) in [6.45, 7) is 9.42. The van der Waals surface area contributed by atoms with E-state index in [1.54, 1.807) is 0 Å². The van der Waals surface area contributed by atoms with Crippen LogP contribution >= 0.6 is 0 Å². The Balaban J connectivity index is 0.960. The molecule has 0 spiro atoms. The zero-order valence-corrected chi connectivity index (χ0v) is 30.3. The number of benzene rings is 7. The van der Waals surface area contributed by atoms with E-state index in [1.165, 1.54) is 22.3 Å². The zero-order valence-electron chi connectivity index (χ0n) is 30.3. The predicted molar refractivity (Wildman–Crippen MR) is 216 cm³/mol. The summed E-state index contributed by atoms with van der Waals surface area (Å²) in [6.07, 6.45) is 0. The van der Waals surface area contributed by atoms with Gasteiger partial charge in [-0.05, 0) is 136 Å². The van der Waals surface area contributed by atoms with Gasteiger partial charge in [0.2, 0.25) is 0 Å². The molecule has 0 aromatic heterocycles. The smallest absolute Gasteiger partial charge is 0.119 e. The predicted octanol–water partition coefficient (Wildman–Crippen LogP) is 13.0. The van der Waals surface area contributed by atoms with Gasteiger partial charge in [-0.25, -0.2) is 0 Å². The van der Waals surface area contributed by atoms with Crippen molar-refractivity contribution in [2.24, 2.45) is 0 Å². The fourth-order valence-electron chi connectivity index (χ4n) is 6.12. The third kappa shape index (κ3) is 8.36. The van der Waals surface area contributed by atoms with Crippen molar-refractivity contribution in [3.63, 3.8) is 0 Å². The van der Waals surface area contributed by atoms with Gasteiger partial charge in [-0.1, -0.05) is 95.1 Å². The highest BCUT2D eigenvalue weighted by Crippen LogP contribution is 2.37. The lowest BCUT2D eigenvalue weighted by atomic mass is 10.1. The molecule has 52 heavy (non-hydrogen) atoms. The van der Waals surface area contributed by atoms with Gasteiger partial charge in [-0.2, -0.15) is 0 Å². The lowest BCUT2D eigenvalue weighted by molar-refractivity contribution is 0.302. The van der Waals surface area contributed by atoms with Crippen molar-refractivity contribution in [1.29, 1.82) is 0 Å². The molecule has 0 aliphatic heterocycles. The van der Waals surface area contributed by atoms with Crippen molar-refractivity contribution in [3.05, 3.63) is 203 Å². The summed E-state index contributed by atoms with van der Waals surface area (Å²) in [5, 5.41) is 0. The van der Waals surface area contributed by atoms with Gasteiger partial charge < -0.3 is 19.3 Å². The van der Waals surface area contributed by atoms with Crippen molar-refractivity contribution in [2.45, 2.75) is 40.9 Å². The summed E-state index contributed by atoms with van der Waals surface area (Å²) in [4.78, 5) is 4.53. The lowest BCUT2D eigenvalue weighted by Gasteiger charge is -2.26. The highest BCUT2D eigenvalue weighted by atomic mass is 16.5. The van der Waals surface area contributed by atoms with Crippen LogP contribution in [-0.2, 0) is 13.2 Å². The van der Waals surface area contributed by atoms with Gasteiger partial charge in [0.1, 0.15) is 24.7 Å². The molecule has 7 aromatic rings. The molecule has 0 bridgehead atoms. The molecule has 0 aliphatic carbocycles. The van der Waals surface area contributed by atoms with Crippen LogP contribution in [0.2, 0.25) is 0 Å². The number of aryl methyl sites for hydroxylation is 4. The molecule has 0 amide bonds. The number of nitrogens with zero attached hydrogens (tertiary/aromatic N) is 2. The average molecular weight is 681 g/mol. The highest BCUT2D eigenvalue weighted by Gasteiger charge is 2.14. The molecule has 0 atom stereocenters. The van der Waals surface area contributed by atoms with Crippen LogP contribution < -0.4 is 19.3 Å². The number of anilines is 6. The van der Waals surface area contributed by atoms with Crippen LogP contribution in [0.25, 0.3) is 0 Å². The Bertz CT molecular complexity index is 1920. The standard InChI is InChI=1S/C48H44N2O2/c1-35-5-17-41(18-6-35)49(42-19-7-36(2)8-20-42)45-25-29-47(30-26-45)51-33-39-13-15-40(16-14-39)34-52-48-31-27-46(28-32-48)50(43-21-9-37(3)10-22-43)44-23-11-38(4)12-24-44/h5-32H,33-34H2,1-4H3. The molecule has 258 valence electrons.